The van der Waals surface area contributed by atoms with Gasteiger partial charge in [-0.1, -0.05) is 57.1 Å². The van der Waals surface area contributed by atoms with Crippen molar-refractivity contribution in [3.63, 3.8) is 0 Å². The van der Waals surface area contributed by atoms with Crippen LogP contribution in [0.5, 0.6) is 0 Å². The second-order valence-corrected chi connectivity index (χ2v) is 8.74. The van der Waals surface area contributed by atoms with Gasteiger partial charge in [-0.15, -0.1) is 0 Å². The van der Waals surface area contributed by atoms with Gasteiger partial charge in [0.05, 0.1) is 15.5 Å². The van der Waals surface area contributed by atoms with Crippen LogP contribution in [0.2, 0.25) is 0 Å². The lowest BCUT2D eigenvalue weighted by Crippen LogP contribution is -2.11. The molecule has 0 bridgehead atoms. The van der Waals surface area contributed by atoms with Gasteiger partial charge in [-0.05, 0) is 48.9 Å². The van der Waals surface area contributed by atoms with Gasteiger partial charge in [0.2, 0.25) is 0 Å². The Kier molecular flexibility index (Phi) is 5.92. The van der Waals surface area contributed by atoms with E-state index in [0.717, 1.165) is 26.0 Å². The number of rotatable bonds is 5. The minimum Gasteiger partial charge on any atom is -0.298 e. The zero-order valence-corrected chi connectivity index (χ0v) is 18.7. The quantitative estimate of drug-likeness (QED) is 0.247. The molecule has 6 nitrogen and oxygen atoms in total. The van der Waals surface area contributed by atoms with Crippen molar-refractivity contribution in [3.8, 4) is 21.7 Å². The number of anilines is 1. The van der Waals surface area contributed by atoms with Crippen LogP contribution in [0.4, 0.5) is 10.8 Å². The van der Waals surface area contributed by atoms with E-state index in [2.05, 4.69) is 26.2 Å². The molecule has 0 unspecified atom stereocenters. The van der Waals surface area contributed by atoms with Crippen molar-refractivity contribution in [2.24, 2.45) is 0 Å². The third kappa shape index (κ3) is 4.70. The molecule has 0 atom stereocenters. The van der Waals surface area contributed by atoms with Crippen LogP contribution in [-0.4, -0.2) is 15.8 Å². The fourth-order valence-electron chi connectivity index (χ4n) is 2.98. The van der Waals surface area contributed by atoms with Gasteiger partial charge in [0, 0.05) is 27.7 Å². The molecule has 0 aliphatic rings. The lowest BCUT2D eigenvalue weighted by molar-refractivity contribution is -0.384. The number of nitrogens with one attached hydrogen (secondary N) is 1. The molecule has 4 aromatic rings. The maximum absolute atomic E-state index is 12.6. The summed E-state index contributed by atoms with van der Waals surface area (Å²) in [6.45, 7) is 2.01. The standard InChI is InChI=1S/C23H16BrN3O3S/c1-14-2-4-16(5-3-14)21-20(15-8-12-19(13-9-15)27(29)30)25-23(31-21)26-22(28)17-6-10-18(24)11-7-17/h2-13H,1H3,(H,25,26,28). The van der Waals surface area contributed by atoms with E-state index in [0.29, 0.717) is 16.4 Å². The van der Waals surface area contributed by atoms with Gasteiger partial charge in [0.25, 0.3) is 11.6 Å². The first-order valence-electron chi connectivity index (χ1n) is 9.30. The number of aryl methyl sites for hydroxylation is 1. The average molecular weight is 494 g/mol. The van der Waals surface area contributed by atoms with Gasteiger partial charge in [0.1, 0.15) is 0 Å². The average Bonchev–Trinajstić information content (AvgIpc) is 3.18. The molecule has 1 amide bonds. The van der Waals surface area contributed by atoms with Crippen LogP contribution >= 0.6 is 27.3 Å². The van der Waals surface area contributed by atoms with Gasteiger partial charge >= 0.3 is 0 Å². The van der Waals surface area contributed by atoms with Gasteiger partial charge in [-0.3, -0.25) is 20.2 Å². The molecule has 0 saturated heterocycles. The Morgan fingerprint density at radius 3 is 2.19 bits per heavy atom. The fourth-order valence-corrected chi connectivity index (χ4v) is 4.23. The van der Waals surface area contributed by atoms with Gasteiger partial charge in [0.15, 0.2) is 5.13 Å². The first-order valence-corrected chi connectivity index (χ1v) is 10.9. The van der Waals surface area contributed by atoms with Crippen molar-refractivity contribution >= 4 is 44.0 Å². The molecule has 1 aromatic heterocycles. The van der Waals surface area contributed by atoms with E-state index in [1.165, 1.54) is 23.5 Å². The Morgan fingerprint density at radius 2 is 1.58 bits per heavy atom. The zero-order chi connectivity index (χ0) is 22.0. The van der Waals surface area contributed by atoms with Crippen LogP contribution in [-0.2, 0) is 0 Å². The van der Waals surface area contributed by atoms with Gasteiger partial charge in [-0.2, -0.15) is 0 Å². The fraction of sp³-hybridized carbons (Fsp3) is 0.0435. The van der Waals surface area contributed by atoms with Crippen molar-refractivity contribution < 1.29 is 9.72 Å². The molecule has 1 heterocycles. The third-order valence-electron chi connectivity index (χ3n) is 4.62. The second-order valence-electron chi connectivity index (χ2n) is 6.83. The van der Waals surface area contributed by atoms with Crippen molar-refractivity contribution in [2.75, 3.05) is 5.32 Å². The third-order valence-corrected chi connectivity index (χ3v) is 6.17. The van der Waals surface area contributed by atoms with Crippen LogP contribution in [0.25, 0.3) is 21.7 Å². The lowest BCUT2D eigenvalue weighted by atomic mass is 10.1. The van der Waals surface area contributed by atoms with E-state index in [9.17, 15) is 14.9 Å². The Balaban J connectivity index is 1.72. The summed E-state index contributed by atoms with van der Waals surface area (Å²) in [6.07, 6.45) is 0. The number of amides is 1. The summed E-state index contributed by atoms with van der Waals surface area (Å²) < 4.78 is 0.889. The SMILES string of the molecule is Cc1ccc(-c2sc(NC(=O)c3ccc(Br)cc3)nc2-c2ccc([N+](=O)[O-])cc2)cc1. The van der Waals surface area contributed by atoms with Crippen LogP contribution in [0.15, 0.2) is 77.3 Å². The molecule has 0 aliphatic heterocycles. The van der Waals surface area contributed by atoms with Crippen LogP contribution in [0, 0.1) is 17.0 Å². The Hall–Kier alpha value is -3.36. The number of nitro groups is 1. The van der Waals surface area contributed by atoms with Gasteiger partial charge < -0.3 is 0 Å². The largest absolute Gasteiger partial charge is 0.298 e. The molecule has 3 aromatic carbocycles. The number of non-ortho nitro benzene ring substituents is 1. The molecule has 0 aliphatic carbocycles. The molecule has 0 radical (unpaired) electrons. The number of hydrogen-bond acceptors (Lipinski definition) is 5. The molecule has 8 heteroatoms. The number of nitro benzene ring substituents is 1. The summed E-state index contributed by atoms with van der Waals surface area (Å²) in [5.74, 6) is -0.257. The van der Waals surface area contributed by atoms with E-state index in [4.69, 9.17) is 0 Å². The number of aromatic nitrogens is 1. The van der Waals surface area contributed by atoms with Crippen LogP contribution in [0.1, 0.15) is 15.9 Å². The van der Waals surface area contributed by atoms with E-state index in [1.807, 2.05) is 31.2 Å². The highest BCUT2D eigenvalue weighted by atomic mass is 79.9. The summed E-state index contributed by atoms with van der Waals surface area (Å²) >= 11 is 4.72. The Morgan fingerprint density at radius 1 is 0.968 bits per heavy atom. The summed E-state index contributed by atoms with van der Waals surface area (Å²) in [5.41, 5.74) is 4.03. The smallest absolute Gasteiger partial charge is 0.269 e. The summed E-state index contributed by atoms with van der Waals surface area (Å²) in [4.78, 5) is 28.7. The van der Waals surface area contributed by atoms with Crippen molar-refractivity contribution in [1.29, 1.82) is 0 Å². The number of nitrogens with zero attached hydrogens (tertiary/aromatic N) is 2. The van der Waals surface area contributed by atoms with E-state index in [-0.39, 0.29) is 11.6 Å². The first kappa shape index (κ1) is 20.9. The number of benzene rings is 3. The topological polar surface area (TPSA) is 85.1 Å². The minimum atomic E-state index is -0.435. The van der Waals surface area contributed by atoms with Crippen molar-refractivity contribution in [1.82, 2.24) is 4.98 Å². The summed E-state index contributed by atoms with van der Waals surface area (Å²) in [5, 5.41) is 14.3. The molecule has 0 spiro atoms. The number of carbonyl (C=O) groups is 1. The second kappa shape index (κ2) is 8.79. The number of hydrogen-bond donors (Lipinski definition) is 1. The van der Waals surface area contributed by atoms with Crippen molar-refractivity contribution in [2.45, 2.75) is 6.92 Å². The Bertz CT molecular complexity index is 1250. The predicted molar refractivity (Wildman–Crippen MR) is 126 cm³/mol. The predicted octanol–water partition coefficient (Wildman–Crippen LogP) is 6.71. The molecular formula is C23H16BrN3O3S. The lowest BCUT2D eigenvalue weighted by Gasteiger charge is -2.03. The highest BCUT2D eigenvalue weighted by Crippen LogP contribution is 2.39. The van der Waals surface area contributed by atoms with E-state index >= 15 is 0 Å². The number of thiazole rings is 1. The summed E-state index contributed by atoms with van der Waals surface area (Å²) in [7, 11) is 0. The molecular weight excluding hydrogens is 478 g/mol. The normalized spacial score (nSPS) is 10.6. The maximum Gasteiger partial charge on any atom is 0.269 e. The maximum atomic E-state index is 12.6. The van der Waals surface area contributed by atoms with Crippen LogP contribution in [0.3, 0.4) is 0 Å². The molecule has 31 heavy (non-hydrogen) atoms. The van der Waals surface area contributed by atoms with Gasteiger partial charge in [-0.25, -0.2) is 4.98 Å². The summed E-state index contributed by atoms with van der Waals surface area (Å²) in [6, 6.07) is 21.3. The van der Waals surface area contributed by atoms with E-state index in [1.54, 1.807) is 36.4 Å². The number of halogens is 1. The molecule has 0 fully saturated rings. The highest BCUT2D eigenvalue weighted by molar-refractivity contribution is 9.10. The molecule has 4 rings (SSSR count). The molecule has 0 saturated carbocycles. The van der Waals surface area contributed by atoms with Crippen LogP contribution < -0.4 is 5.32 Å². The van der Waals surface area contributed by atoms with E-state index < -0.39 is 4.92 Å². The molecule has 154 valence electrons. The number of carbonyl (C=O) groups excluding carboxylic acids is 1. The van der Waals surface area contributed by atoms with Crippen molar-refractivity contribution in [3.05, 3.63) is 98.5 Å². The first-order chi connectivity index (χ1) is 14.9. The minimum absolute atomic E-state index is 0.0135. The zero-order valence-electron chi connectivity index (χ0n) is 16.3. The highest BCUT2D eigenvalue weighted by Gasteiger charge is 2.18. The molecule has 1 N–H and O–H groups in total. The monoisotopic (exact) mass is 493 g/mol. The Labute approximate surface area is 190 Å².